The molecular weight excluding hydrogens is 244 g/mol. The highest BCUT2D eigenvalue weighted by molar-refractivity contribution is 5.21. The van der Waals surface area contributed by atoms with E-state index in [1.54, 1.807) is 0 Å². The molecule has 0 spiro atoms. The Morgan fingerprint density at radius 1 is 1.40 bits per heavy atom. The predicted molar refractivity (Wildman–Crippen MR) is 86.8 cm³/mol. The molecular formula is C18H28N2. The molecule has 1 aromatic carbocycles. The number of nitrogens with one attached hydrogen (secondary N) is 1. The SMILES string of the molecule is C=C(C)CN1CC(C(C)CC)NCC1c1ccccc1. The Bertz CT molecular complexity index is 426. The molecule has 0 bridgehead atoms. The predicted octanol–water partition coefficient (Wildman–Crippen LogP) is 3.62. The number of nitrogens with zero attached hydrogens (tertiary/aromatic N) is 1. The molecule has 3 atom stereocenters. The maximum absolute atomic E-state index is 4.11. The fraction of sp³-hybridized carbons (Fsp3) is 0.556. The Labute approximate surface area is 123 Å². The molecule has 1 aliphatic rings. The van der Waals surface area contributed by atoms with Crippen LogP contribution < -0.4 is 5.32 Å². The quantitative estimate of drug-likeness (QED) is 0.824. The third kappa shape index (κ3) is 3.71. The lowest BCUT2D eigenvalue weighted by molar-refractivity contribution is 0.119. The van der Waals surface area contributed by atoms with Crippen molar-refractivity contribution in [1.29, 1.82) is 0 Å². The van der Waals surface area contributed by atoms with Gasteiger partial charge in [-0.3, -0.25) is 4.90 Å². The van der Waals surface area contributed by atoms with E-state index in [0.29, 0.717) is 12.1 Å². The summed E-state index contributed by atoms with van der Waals surface area (Å²) in [5, 5.41) is 3.75. The van der Waals surface area contributed by atoms with Crippen molar-refractivity contribution in [2.24, 2.45) is 5.92 Å². The molecule has 0 amide bonds. The molecule has 20 heavy (non-hydrogen) atoms. The average molecular weight is 272 g/mol. The van der Waals surface area contributed by atoms with E-state index in [9.17, 15) is 0 Å². The summed E-state index contributed by atoms with van der Waals surface area (Å²) < 4.78 is 0. The first-order chi connectivity index (χ1) is 9.61. The van der Waals surface area contributed by atoms with Gasteiger partial charge in [-0.2, -0.15) is 0 Å². The lowest BCUT2D eigenvalue weighted by Gasteiger charge is -2.42. The number of hydrogen-bond acceptors (Lipinski definition) is 2. The zero-order chi connectivity index (χ0) is 14.5. The van der Waals surface area contributed by atoms with Crippen molar-refractivity contribution in [3.8, 4) is 0 Å². The normalized spacial score (nSPS) is 25.4. The molecule has 0 aliphatic carbocycles. The van der Waals surface area contributed by atoms with Crippen molar-refractivity contribution >= 4 is 0 Å². The summed E-state index contributed by atoms with van der Waals surface area (Å²) in [5.41, 5.74) is 2.65. The van der Waals surface area contributed by atoms with E-state index in [2.05, 4.69) is 67.9 Å². The van der Waals surface area contributed by atoms with Crippen LogP contribution in [0.5, 0.6) is 0 Å². The molecule has 0 saturated carbocycles. The van der Waals surface area contributed by atoms with E-state index >= 15 is 0 Å². The molecule has 2 heteroatoms. The third-order valence-corrected chi connectivity index (χ3v) is 4.43. The van der Waals surface area contributed by atoms with Crippen LogP contribution in [0.25, 0.3) is 0 Å². The van der Waals surface area contributed by atoms with E-state index < -0.39 is 0 Å². The highest BCUT2D eigenvalue weighted by Gasteiger charge is 2.30. The largest absolute Gasteiger partial charge is 0.311 e. The molecule has 0 aromatic heterocycles. The monoisotopic (exact) mass is 272 g/mol. The first-order valence-electron chi connectivity index (χ1n) is 7.78. The zero-order valence-corrected chi connectivity index (χ0v) is 13.1. The molecule has 1 saturated heterocycles. The molecule has 110 valence electrons. The Morgan fingerprint density at radius 2 is 2.10 bits per heavy atom. The van der Waals surface area contributed by atoms with Gasteiger partial charge in [0.1, 0.15) is 0 Å². The lowest BCUT2D eigenvalue weighted by Crippen LogP contribution is -2.54. The first-order valence-corrected chi connectivity index (χ1v) is 7.78. The van der Waals surface area contributed by atoms with Gasteiger partial charge in [-0.1, -0.05) is 62.8 Å². The highest BCUT2D eigenvalue weighted by Crippen LogP contribution is 2.26. The Kier molecular flexibility index (Phi) is 5.38. The lowest BCUT2D eigenvalue weighted by atomic mass is 9.93. The topological polar surface area (TPSA) is 15.3 Å². The summed E-state index contributed by atoms with van der Waals surface area (Å²) in [6.07, 6.45) is 1.23. The van der Waals surface area contributed by atoms with Crippen molar-refractivity contribution in [1.82, 2.24) is 10.2 Å². The second-order valence-electron chi connectivity index (χ2n) is 6.21. The maximum atomic E-state index is 4.11. The van der Waals surface area contributed by atoms with Crippen LogP contribution in [0, 0.1) is 5.92 Å². The van der Waals surface area contributed by atoms with Crippen molar-refractivity contribution in [3.05, 3.63) is 48.0 Å². The van der Waals surface area contributed by atoms with Crippen LogP contribution in [0.4, 0.5) is 0 Å². The van der Waals surface area contributed by atoms with Crippen LogP contribution in [0.3, 0.4) is 0 Å². The van der Waals surface area contributed by atoms with Crippen LogP contribution in [0.2, 0.25) is 0 Å². The van der Waals surface area contributed by atoms with Gasteiger partial charge in [0.2, 0.25) is 0 Å². The Balaban J connectivity index is 2.14. The molecule has 3 unspecified atom stereocenters. The average Bonchev–Trinajstić information content (AvgIpc) is 2.46. The fourth-order valence-electron chi connectivity index (χ4n) is 3.03. The minimum absolute atomic E-state index is 0.466. The van der Waals surface area contributed by atoms with E-state index in [4.69, 9.17) is 0 Å². The minimum Gasteiger partial charge on any atom is -0.311 e. The third-order valence-electron chi connectivity index (χ3n) is 4.43. The van der Waals surface area contributed by atoms with E-state index in [1.807, 2.05) is 0 Å². The standard InChI is InChI=1S/C18H28N2/c1-5-15(4)17-13-20(12-14(2)3)18(11-19-17)16-9-7-6-8-10-16/h6-10,15,17-19H,2,5,11-13H2,1,3-4H3. The molecule has 2 nitrogen and oxygen atoms in total. The van der Waals surface area contributed by atoms with Crippen molar-refractivity contribution < 1.29 is 0 Å². The van der Waals surface area contributed by atoms with Crippen molar-refractivity contribution in [2.45, 2.75) is 39.3 Å². The molecule has 1 heterocycles. The second-order valence-corrected chi connectivity index (χ2v) is 6.21. The van der Waals surface area contributed by atoms with Crippen LogP contribution in [0.15, 0.2) is 42.5 Å². The summed E-state index contributed by atoms with van der Waals surface area (Å²) in [6, 6.07) is 11.9. The van der Waals surface area contributed by atoms with Crippen molar-refractivity contribution in [2.75, 3.05) is 19.6 Å². The van der Waals surface area contributed by atoms with Crippen molar-refractivity contribution in [3.63, 3.8) is 0 Å². The van der Waals surface area contributed by atoms with Gasteiger partial charge in [0, 0.05) is 31.7 Å². The fourth-order valence-corrected chi connectivity index (χ4v) is 3.03. The summed E-state index contributed by atoms with van der Waals surface area (Å²) in [4.78, 5) is 2.59. The van der Waals surface area contributed by atoms with Gasteiger partial charge in [-0.25, -0.2) is 0 Å². The van der Waals surface area contributed by atoms with Gasteiger partial charge in [0.15, 0.2) is 0 Å². The summed E-state index contributed by atoms with van der Waals surface area (Å²) >= 11 is 0. The summed E-state index contributed by atoms with van der Waals surface area (Å²) in [5.74, 6) is 0.722. The maximum Gasteiger partial charge on any atom is 0.0476 e. The Morgan fingerprint density at radius 3 is 2.70 bits per heavy atom. The van der Waals surface area contributed by atoms with Gasteiger partial charge in [-0.15, -0.1) is 0 Å². The van der Waals surface area contributed by atoms with Gasteiger partial charge in [0.25, 0.3) is 0 Å². The van der Waals surface area contributed by atoms with Gasteiger partial charge in [-0.05, 0) is 18.4 Å². The minimum atomic E-state index is 0.466. The first kappa shape index (κ1) is 15.3. The smallest absolute Gasteiger partial charge is 0.0476 e. The van der Waals surface area contributed by atoms with E-state index in [1.165, 1.54) is 17.6 Å². The molecule has 2 rings (SSSR count). The number of piperazine rings is 1. The number of rotatable bonds is 5. The summed E-state index contributed by atoms with van der Waals surface area (Å²) in [7, 11) is 0. The molecule has 1 aromatic rings. The number of benzene rings is 1. The van der Waals surface area contributed by atoms with Gasteiger partial charge in [0.05, 0.1) is 0 Å². The van der Waals surface area contributed by atoms with Crippen LogP contribution in [-0.4, -0.2) is 30.6 Å². The second kappa shape index (κ2) is 7.05. The molecule has 1 aliphatic heterocycles. The van der Waals surface area contributed by atoms with Crippen LogP contribution in [0.1, 0.15) is 38.8 Å². The Hall–Kier alpha value is -1.12. The zero-order valence-electron chi connectivity index (χ0n) is 13.1. The molecule has 1 N–H and O–H groups in total. The van der Waals surface area contributed by atoms with Gasteiger partial charge >= 0.3 is 0 Å². The highest BCUT2D eigenvalue weighted by atomic mass is 15.2. The van der Waals surface area contributed by atoms with Gasteiger partial charge < -0.3 is 5.32 Å². The summed E-state index contributed by atoms with van der Waals surface area (Å²) in [6.45, 7) is 14.0. The molecule has 1 fully saturated rings. The van der Waals surface area contributed by atoms with E-state index in [-0.39, 0.29) is 0 Å². The van der Waals surface area contributed by atoms with Crippen LogP contribution >= 0.6 is 0 Å². The van der Waals surface area contributed by atoms with E-state index in [0.717, 1.165) is 25.6 Å². The number of hydrogen-bond donors (Lipinski definition) is 1. The molecule has 0 radical (unpaired) electrons. The van der Waals surface area contributed by atoms with Crippen LogP contribution in [-0.2, 0) is 0 Å².